The molecule has 0 saturated heterocycles. The average molecular weight is 334 g/mol. The third kappa shape index (κ3) is 2.81. The summed E-state index contributed by atoms with van der Waals surface area (Å²) >= 11 is 11.9. The van der Waals surface area contributed by atoms with E-state index in [2.05, 4.69) is 15.3 Å². The first-order valence-electron chi connectivity index (χ1n) is 6.27. The number of para-hydroxylation sites is 2. The van der Waals surface area contributed by atoms with E-state index in [1.54, 1.807) is 6.07 Å². The maximum Gasteiger partial charge on any atom is 0.337 e. The third-order valence-electron chi connectivity index (χ3n) is 2.99. The molecule has 0 saturated carbocycles. The van der Waals surface area contributed by atoms with E-state index in [-0.39, 0.29) is 15.7 Å². The number of carboxylic acids is 1. The zero-order chi connectivity index (χ0) is 15.7. The molecule has 0 aliphatic carbocycles. The Kier molecular flexibility index (Phi) is 3.83. The number of hydrogen-bond donors (Lipinski definition) is 2. The van der Waals surface area contributed by atoms with Gasteiger partial charge < -0.3 is 10.4 Å². The molecule has 0 aliphatic rings. The molecule has 22 heavy (non-hydrogen) atoms. The number of carbonyl (C=O) groups is 1. The van der Waals surface area contributed by atoms with Gasteiger partial charge in [0.25, 0.3) is 0 Å². The van der Waals surface area contributed by atoms with Gasteiger partial charge in [-0.05, 0) is 30.3 Å². The van der Waals surface area contributed by atoms with E-state index < -0.39 is 5.97 Å². The summed E-state index contributed by atoms with van der Waals surface area (Å²) in [5.41, 5.74) is 1.87. The maximum absolute atomic E-state index is 11.1. The minimum atomic E-state index is -1.11. The number of aromatic nitrogens is 2. The van der Waals surface area contributed by atoms with Crippen molar-refractivity contribution in [2.45, 2.75) is 0 Å². The Morgan fingerprint density at radius 2 is 1.73 bits per heavy atom. The Bertz CT molecular complexity index is 884. The Labute approximate surface area is 135 Å². The van der Waals surface area contributed by atoms with Crippen LogP contribution in [-0.2, 0) is 0 Å². The van der Waals surface area contributed by atoms with Crippen LogP contribution in [0, 0.1) is 0 Å². The van der Waals surface area contributed by atoms with Crippen molar-refractivity contribution in [1.29, 1.82) is 0 Å². The summed E-state index contributed by atoms with van der Waals surface area (Å²) < 4.78 is 0. The van der Waals surface area contributed by atoms with Crippen molar-refractivity contribution >= 4 is 51.7 Å². The Morgan fingerprint density at radius 1 is 1.05 bits per heavy atom. The number of nitrogens with zero attached hydrogens (tertiary/aromatic N) is 2. The highest BCUT2D eigenvalue weighted by Crippen LogP contribution is 2.27. The molecular weight excluding hydrogens is 325 g/mol. The Hall–Kier alpha value is -2.37. The normalized spacial score (nSPS) is 10.6. The Balaban J connectivity index is 2.01. The number of halogens is 2. The number of rotatable bonds is 3. The molecule has 0 fully saturated rings. The second-order valence-electron chi connectivity index (χ2n) is 4.48. The second-order valence-corrected chi connectivity index (χ2v) is 5.24. The number of fused-ring (bicyclic) bond motifs is 1. The summed E-state index contributed by atoms with van der Waals surface area (Å²) in [7, 11) is 0. The summed E-state index contributed by atoms with van der Waals surface area (Å²) in [4.78, 5) is 19.7. The first-order chi connectivity index (χ1) is 10.5. The molecule has 2 N–H and O–H groups in total. The molecule has 1 heterocycles. The molecule has 0 radical (unpaired) electrons. The van der Waals surface area contributed by atoms with E-state index in [9.17, 15) is 4.79 Å². The van der Waals surface area contributed by atoms with Gasteiger partial charge in [-0.25, -0.2) is 14.8 Å². The van der Waals surface area contributed by atoms with Crippen molar-refractivity contribution in [1.82, 2.24) is 9.97 Å². The third-order valence-corrected chi connectivity index (χ3v) is 3.58. The monoisotopic (exact) mass is 333 g/mol. The lowest BCUT2D eigenvalue weighted by molar-refractivity contribution is 0.0697. The van der Waals surface area contributed by atoms with Crippen LogP contribution in [0.2, 0.25) is 10.2 Å². The highest BCUT2D eigenvalue weighted by atomic mass is 35.5. The van der Waals surface area contributed by atoms with Crippen LogP contribution in [0.1, 0.15) is 10.4 Å². The van der Waals surface area contributed by atoms with E-state index in [1.165, 1.54) is 12.1 Å². The van der Waals surface area contributed by atoms with Gasteiger partial charge in [0, 0.05) is 5.69 Å². The van der Waals surface area contributed by atoms with Crippen molar-refractivity contribution in [3.63, 3.8) is 0 Å². The molecule has 0 unspecified atom stereocenters. The summed E-state index contributed by atoms with van der Waals surface area (Å²) in [6.07, 6.45) is 0. The molecule has 0 atom stereocenters. The number of aromatic carboxylic acids is 1. The molecule has 0 aliphatic heterocycles. The number of anilines is 2. The quantitative estimate of drug-likeness (QED) is 0.743. The van der Waals surface area contributed by atoms with Crippen LogP contribution in [-0.4, -0.2) is 21.0 Å². The minimum Gasteiger partial charge on any atom is -0.478 e. The van der Waals surface area contributed by atoms with Crippen LogP contribution in [0.5, 0.6) is 0 Å². The van der Waals surface area contributed by atoms with Gasteiger partial charge >= 0.3 is 5.97 Å². The summed E-state index contributed by atoms with van der Waals surface area (Å²) in [6, 6.07) is 11.9. The van der Waals surface area contributed by atoms with Crippen molar-refractivity contribution in [3.8, 4) is 0 Å². The molecule has 110 valence electrons. The van der Waals surface area contributed by atoms with Gasteiger partial charge in [0.15, 0.2) is 11.0 Å². The number of nitrogens with one attached hydrogen (secondary N) is 1. The van der Waals surface area contributed by atoms with E-state index in [4.69, 9.17) is 28.3 Å². The summed E-state index contributed by atoms with van der Waals surface area (Å²) in [5.74, 6) is -0.761. The molecule has 3 aromatic rings. The van der Waals surface area contributed by atoms with Gasteiger partial charge in [-0.2, -0.15) is 0 Å². The molecule has 0 bridgehead atoms. The molecule has 2 aromatic carbocycles. The standard InChI is InChI=1S/C15H9Cl2N3O2/c16-10-6-5-8(7-9(10)15(21)22)18-14-13(17)19-11-3-1-2-4-12(11)20-14/h1-7H,(H,18,20)(H,21,22). The van der Waals surface area contributed by atoms with Crippen LogP contribution in [0.4, 0.5) is 11.5 Å². The molecule has 5 nitrogen and oxygen atoms in total. The fraction of sp³-hybridized carbons (Fsp3) is 0. The SMILES string of the molecule is O=C(O)c1cc(Nc2nc3ccccc3nc2Cl)ccc1Cl. The van der Waals surface area contributed by atoms with Gasteiger partial charge in [-0.15, -0.1) is 0 Å². The zero-order valence-corrected chi connectivity index (χ0v) is 12.6. The van der Waals surface area contributed by atoms with Crippen molar-refractivity contribution in [3.05, 3.63) is 58.2 Å². The topological polar surface area (TPSA) is 75.1 Å². The molecule has 7 heteroatoms. The molecule has 0 amide bonds. The number of benzene rings is 2. The van der Waals surface area contributed by atoms with E-state index in [0.29, 0.717) is 22.5 Å². The smallest absolute Gasteiger partial charge is 0.337 e. The molecule has 1 aromatic heterocycles. The predicted molar refractivity (Wildman–Crippen MR) is 86.2 cm³/mol. The lowest BCUT2D eigenvalue weighted by Gasteiger charge is -2.09. The highest BCUT2D eigenvalue weighted by molar-refractivity contribution is 6.33. The lowest BCUT2D eigenvalue weighted by atomic mass is 10.2. The van der Waals surface area contributed by atoms with Crippen molar-refractivity contribution in [2.24, 2.45) is 0 Å². The highest BCUT2D eigenvalue weighted by Gasteiger charge is 2.11. The van der Waals surface area contributed by atoms with Crippen molar-refractivity contribution < 1.29 is 9.90 Å². The van der Waals surface area contributed by atoms with E-state index >= 15 is 0 Å². The van der Waals surface area contributed by atoms with Crippen LogP contribution in [0.15, 0.2) is 42.5 Å². The molecular formula is C15H9Cl2N3O2. The van der Waals surface area contributed by atoms with Crippen molar-refractivity contribution in [2.75, 3.05) is 5.32 Å². The number of hydrogen-bond acceptors (Lipinski definition) is 4. The van der Waals surface area contributed by atoms with Gasteiger partial charge in [0.05, 0.1) is 21.6 Å². The van der Waals surface area contributed by atoms with Gasteiger partial charge in [0.1, 0.15) is 0 Å². The summed E-state index contributed by atoms with van der Waals surface area (Å²) in [6.45, 7) is 0. The first kappa shape index (κ1) is 14.6. The predicted octanol–water partition coefficient (Wildman–Crippen LogP) is 4.38. The molecule has 3 rings (SSSR count). The Morgan fingerprint density at radius 3 is 2.41 bits per heavy atom. The minimum absolute atomic E-state index is 0.00321. The molecule has 0 spiro atoms. The van der Waals surface area contributed by atoms with E-state index in [1.807, 2.05) is 24.3 Å². The van der Waals surface area contributed by atoms with Crippen LogP contribution in [0.3, 0.4) is 0 Å². The summed E-state index contributed by atoms with van der Waals surface area (Å²) in [5, 5.41) is 12.4. The van der Waals surface area contributed by atoms with E-state index in [0.717, 1.165) is 0 Å². The van der Waals surface area contributed by atoms with Crippen LogP contribution >= 0.6 is 23.2 Å². The van der Waals surface area contributed by atoms with Crippen LogP contribution in [0.25, 0.3) is 11.0 Å². The van der Waals surface area contributed by atoms with Crippen LogP contribution < -0.4 is 5.32 Å². The maximum atomic E-state index is 11.1. The largest absolute Gasteiger partial charge is 0.478 e. The lowest BCUT2D eigenvalue weighted by Crippen LogP contribution is -2.01. The fourth-order valence-corrected chi connectivity index (χ4v) is 2.34. The first-order valence-corrected chi connectivity index (χ1v) is 7.02. The van der Waals surface area contributed by atoms with Gasteiger partial charge in [-0.1, -0.05) is 35.3 Å². The van der Waals surface area contributed by atoms with Gasteiger partial charge in [0.2, 0.25) is 0 Å². The zero-order valence-electron chi connectivity index (χ0n) is 11.0. The second kappa shape index (κ2) is 5.79. The number of carboxylic acid groups (broad SMARTS) is 1. The average Bonchev–Trinajstić information content (AvgIpc) is 2.49. The van der Waals surface area contributed by atoms with Gasteiger partial charge in [-0.3, -0.25) is 0 Å². The fourth-order valence-electron chi connectivity index (χ4n) is 1.96.